The van der Waals surface area contributed by atoms with Crippen molar-refractivity contribution in [3.63, 3.8) is 0 Å². The highest BCUT2D eigenvalue weighted by Crippen LogP contribution is 2.22. The quantitative estimate of drug-likeness (QED) is 0.365. The Morgan fingerprint density at radius 1 is 0.811 bits per heavy atom. The molecule has 0 radical (unpaired) electrons. The minimum atomic E-state index is -0.222. The number of nitrogens with zero attached hydrogens (tertiary/aromatic N) is 2. The molecule has 194 valence electrons. The summed E-state index contributed by atoms with van der Waals surface area (Å²) >= 11 is 5.87. The van der Waals surface area contributed by atoms with Crippen molar-refractivity contribution >= 4 is 34.8 Å². The molecule has 1 aliphatic rings. The Morgan fingerprint density at radius 3 is 2.14 bits per heavy atom. The number of hydrogen-bond acceptors (Lipinski definition) is 4. The number of amides is 2. The number of rotatable bonds is 9. The number of benzene rings is 3. The van der Waals surface area contributed by atoms with Crippen molar-refractivity contribution in [2.75, 3.05) is 49.5 Å². The van der Waals surface area contributed by atoms with Gasteiger partial charge in [0.25, 0.3) is 11.8 Å². The lowest BCUT2D eigenvalue weighted by molar-refractivity contribution is 0.0952. The molecule has 0 atom stereocenters. The lowest BCUT2D eigenvalue weighted by atomic mass is 10.1. The number of piperazine rings is 1. The number of nitrogens with one attached hydrogen (secondary N) is 2. The van der Waals surface area contributed by atoms with Gasteiger partial charge in [0, 0.05) is 60.2 Å². The van der Waals surface area contributed by atoms with Crippen LogP contribution in [0.2, 0.25) is 5.02 Å². The Hall–Kier alpha value is -3.35. The van der Waals surface area contributed by atoms with Crippen LogP contribution in [0.1, 0.15) is 44.7 Å². The molecule has 3 aromatic rings. The van der Waals surface area contributed by atoms with Crippen molar-refractivity contribution in [3.8, 4) is 0 Å². The summed E-state index contributed by atoms with van der Waals surface area (Å²) in [4.78, 5) is 29.8. The fourth-order valence-corrected chi connectivity index (χ4v) is 4.77. The number of unbranched alkanes of at least 4 members (excludes halogenated alkanes) is 1. The van der Waals surface area contributed by atoms with Gasteiger partial charge in [-0.25, -0.2) is 0 Å². The molecule has 2 N–H and O–H groups in total. The maximum absolute atomic E-state index is 12.5. The molecule has 1 saturated heterocycles. The van der Waals surface area contributed by atoms with Crippen molar-refractivity contribution in [1.29, 1.82) is 0 Å². The van der Waals surface area contributed by atoms with Gasteiger partial charge in [0.2, 0.25) is 0 Å². The smallest absolute Gasteiger partial charge is 0.255 e. The predicted molar refractivity (Wildman–Crippen MR) is 152 cm³/mol. The van der Waals surface area contributed by atoms with Crippen LogP contribution in [0.15, 0.2) is 66.7 Å². The minimum absolute atomic E-state index is 0.0994. The average molecular weight is 519 g/mol. The molecule has 1 aliphatic heterocycles. The van der Waals surface area contributed by atoms with Crippen molar-refractivity contribution in [2.24, 2.45) is 0 Å². The third-order valence-corrected chi connectivity index (χ3v) is 7.02. The number of hydrogen-bond donors (Lipinski definition) is 2. The minimum Gasteiger partial charge on any atom is -0.369 e. The van der Waals surface area contributed by atoms with Gasteiger partial charge in [-0.1, -0.05) is 29.3 Å². The Labute approximate surface area is 224 Å². The van der Waals surface area contributed by atoms with Crippen LogP contribution >= 0.6 is 11.6 Å². The molecule has 37 heavy (non-hydrogen) atoms. The first-order valence-corrected chi connectivity index (χ1v) is 13.3. The lowest BCUT2D eigenvalue weighted by Gasteiger charge is -2.37. The molecule has 0 spiro atoms. The van der Waals surface area contributed by atoms with Gasteiger partial charge < -0.3 is 15.5 Å². The molecule has 0 unspecified atom stereocenters. The number of anilines is 2. The van der Waals surface area contributed by atoms with Gasteiger partial charge in [-0.15, -0.1) is 0 Å². The lowest BCUT2D eigenvalue weighted by Crippen LogP contribution is -2.46. The Balaban J connectivity index is 1.12. The van der Waals surface area contributed by atoms with E-state index in [0.717, 1.165) is 45.6 Å². The number of aryl methyl sites for hydroxylation is 2. The van der Waals surface area contributed by atoms with Crippen LogP contribution < -0.4 is 15.5 Å². The zero-order chi connectivity index (χ0) is 26.2. The van der Waals surface area contributed by atoms with Crippen LogP contribution in [0.4, 0.5) is 11.4 Å². The second-order valence-corrected chi connectivity index (χ2v) is 10.1. The molecule has 4 rings (SSSR count). The molecule has 2 amide bonds. The van der Waals surface area contributed by atoms with Crippen molar-refractivity contribution in [1.82, 2.24) is 10.2 Å². The zero-order valence-corrected chi connectivity index (χ0v) is 22.4. The highest BCUT2D eigenvalue weighted by atomic mass is 35.5. The fourth-order valence-electron chi connectivity index (χ4n) is 4.65. The molecule has 0 saturated carbocycles. The summed E-state index contributed by atoms with van der Waals surface area (Å²) in [6.07, 6.45) is 2.00. The third kappa shape index (κ3) is 7.57. The van der Waals surface area contributed by atoms with Gasteiger partial charge >= 0.3 is 0 Å². The second-order valence-electron chi connectivity index (χ2n) is 9.62. The fraction of sp³-hybridized carbons (Fsp3) is 0.333. The van der Waals surface area contributed by atoms with E-state index in [9.17, 15) is 9.59 Å². The van der Waals surface area contributed by atoms with Crippen molar-refractivity contribution in [2.45, 2.75) is 26.7 Å². The van der Waals surface area contributed by atoms with E-state index in [1.807, 2.05) is 0 Å². The highest BCUT2D eigenvalue weighted by molar-refractivity contribution is 6.30. The van der Waals surface area contributed by atoms with E-state index in [1.165, 1.54) is 16.8 Å². The number of carbonyl (C=O) groups is 2. The summed E-state index contributed by atoms with van der Waals surface area (Å²) < 4.78 is 0. The largest absolute Gasteiger partial charge is 0.369 e. The van der Waals surface area contributed by atoms with E-state index in [0.29, 0.717) is 28.4 Å². The first-order valence-electron chi connectivity index (χ1n) is 12.9. The van der Waals surface area contributed by atoms with Gasteiger partial charge in [-0.3, -0.25) is 14.5 Å². The van der Waals surface area contributed by atoms with E-state index in [1.54, 1.807) is 48.5 Å². The summed E-state index contributed by atoms with van der Waals surface area (Å²) in [6.45, 7) is 10.3. The zero-order valence-electron chi connectivity index (χ0n) is 21.6. The topological polar surface area (TPSA) is 64.7 Å². The van der Waals surface area contributed by atoms with Gasteiger partial charge in [-0.05, 0) is 93.4 Å². The van der Waals surface area contributed by atoms with E-state index in [-0.39, 0.29) is 11.8 Å². The Morgan fingerprint density at radius 2 is 1.46 bits per heavy atom. The van der Waals surface area contributed by atoms with Gasteiger partial charge in [0.15, 0.2) is 0 Å². The predicted octanol–water partition coefficient (Wildman–Crippen LogP) is 5.54. The monoisotopic (exact) mass is 518 g/mol. The van der Waals surface area contributed by atoms with Crippen molar-refractivity contribution < 1.29 is 9.59 Å². The molecular formula is C30H35ClN4O2. The maximum Gasteiger partial charge on any atom is 0.255 e. The third-order valence-electron chi connectivity index (χ3n) is 6.76. The molecule has 1 heterocycles. The van der Waals surface area contributed by atoms with E-state index >= 15 is 0 Å². The Bertz CT molecular complexity index is 1200. The second kappa shape index (κ2) is 12.7. The van der Waals surface area contributed by atoms with Crippen LogP contribution in [0.25, 0.3) is 0 Å². The van der Waals surface area contributed by atoms with Crippen LogP contribution in [-0.2, 0) is 0 Å². The Kier molecular flexibility index (Phi) is 9.20. The average Bonchev–Trinajstić information content (AvgIpc) is 2.90. The maximum atomic E-state index is 12.5. The summed E-state index contributed by atoms with van der Waals surface area (Å²) in [5.41, 5.74) is 5.74. The molecule has 0 aromatic heterocycles. The number of carbonyl (C=O) groups excluding carboxylic acids is 2. The normalized spacial score (nSPS) is 13.9. The molecule has 1 fully saturated rings. The molecule has 0 bridgehead atoms. The summed E-state index contributed by atoms with van der Waals surface area (Å²) in [7, 11) is 0. The first-order chi connectivity index (χ1) is 17.9. The molecular weight excluding hydrogens is 484 g/mol. The van der Waals surface area contributed by atoms with Gasteiger partial charge in [-0.2, -0.15) is 0 Å². The first kappa shape index (κ1) is 26.7. The summed E-state index contributed by atoms with van der Waals surface area (Å²) in [5.74, 6) is -0.321. The molecule has 3 aromatic carbocycles. The standard InChI is InChI=1S/C30H35ClN4O2/c1-22-5-14-28(23(2)21-22)35-19-17-34(18-20-35)16-4-3-15-32-29(36)24-8-12-27(13-9-24)33-30(37)25-6-10-26(31)11-7-25/h5-14,21H,3-4,15-20H2,1-2H3,(H,32,36)(H,33,37). The highest BCUT2D eigenvalue weighted by Gasteiger charge is 2.18. The van der Waals surface area contributed by atoms with E-state index in [2.05, 4.69) is 52.5 Å². The van der Waals surface area contributed by atoms with Crippen LogP contribution in [-0.4, -0.2) is 56.0 Å². The number of halogens is 1. The van der Waals surface area contributed by atoms with Crippen LogP contribution in [0.5, 0.6) is 0 Å². The van der Waals surface area contributed by atoms with Gasteiger partial charge in [0.05, 0.1) is 0 Å². The molecule has 6 nitrogen and oxygen atoms in total. The van der Waals surface area contributed by atoms with E-state index < -0.39 is 0 Å². The van der Waals surface area contributed by atoms with E-state index in [4.69, 9.17) is 11.6 Å². The molecule has 0 aliphatic carbocycles. The summed E-state index contributed by atoms with van der Waals surface area (Å²) in [5, 5.41) is 6.41. The SMILES string of the molecule is Cc1ccc(N2CCN(CCCCNC(=O)c3ccc(NC(=O)c4ccc(Cl)cc4)cc3)CC2)c(C)c1. The van der Waals surface area contributed by atoms with Crippen LogP contribution in [0.3, 0.4) is 0 Å². The molecule has 7 heteroatoms. The van der Waals surface area contributed by atoms with Crippen molar-refractivity contribution in [3.05, 3.63) is 94.0 Å². The van der Waals surface area contributed by atoms with Gasteiger partial charge in [0.1, 0.15) is 0 Å². The summed E-state index contributed by atoms with van der Waals surface area (Å²) in [6, 6.07) is 20.3. The van der Waals surface area contributed by atoms with Crippen LogP contribution in [0, 0.1) is 13.8 Å².